The fourth-order valence-electron chi connectivity index (χ4n) is 0.833. The van der Waals surface area contributed by atoms with Crippen LogP contribution in [0.5, 0.6) is 0 Å². The molecule has 0 saturated heterocycles. The van der Waals surface area contributed by atoms with Crippen LogP contribution in [0.25, 0.3) is 0 Å². The zero-order valence-corrected chi connectivity index (χ0v) is 8.34. The van der Waals surface area contributed by atoms with Gasteiger partial charge in [-0.3, -0.25) is 4.79 Å². The molecule has 5 heteroatoms. The molecule has 0 fully saturated rings. The van der Waals surface area contributed by atoms with Crippen molar-refractivity contribution in [3.8, 4) is 0 Å². The average Bonchev–Trinajstić information content (AvgIpc) is 1.82. The summed E-state index contributed by atoms with van der Waals surface area (Å²) in [4.78, 5) is 21.5. The number of primary amides is 1. The molecule has 0 bridgehead atoms. The number of carbonyl (C=O) groups excluding carboxylic acids is 1. The first kappa shape index (κ1) is 11.7. The molecule has 0 rings (SSSR count). The standard InChI is InChI=1S/C8H16N2O3/c1-7(2,3)8(4,5(9)11)10-6(12)13/h10H,1-4H3,(H2,9,11)(H,12,13)/t8-/m1/s1. The first-order chi connectivity index (χ1) is 5.61. The van der Waals surface area contributed by atoms with E-state index in [1.165, 1.54) is 6.92 Å². The van der Waals surface area contributed by atoms with Gasteiger partial charge < -0.3 is 16.2 Å². The van der Waals surface area contributed by atoms with E-state index in [-0.39, 0.29) is 0 Å². The maximum absolute atomic E-state index is 11.1. The number of nitrogens with one attached hydrogen (secondary N) is 1. The number of hydrogen-bond acceptors (Lipinski definition) is 2. The van der Waals surface area contributed by atoms with Crippen molar-refractivity contribution in [3.05, 3.63) is 0 Å². The van der Waals surface area contributed by atoms with Gasteiger partial charge in [0.2, 0.25) is 5.91 Å². The van der Waals surface area contributed by atoms with Crippen molar-refractivity contribution in [1.29, 1.82) is 0 Å². The molecular formula is C8H16N2O3. The molecule has 0 aliphatic heterocycles. The Morgan fingerprint density at radius 1 is 1.23 bits per heavy atom. The molecule has 0 aromatic carbocycles. The summed E-state index contributed by atoms with van der Waals surface area (Å²) in [5.41, 5.74) is 3.33. The van der Waals surface area contributed by atoms with Crippen LogP contribution in [0.15, 0.2) is 0 Å². The minimum atomic E-state index is -1.25. The Kier molecular flexibility index (Phi) is 2.92. The van der Waals surface area contributed by atoms with Crippen molar-refractivity contribution in [2.24, 2.45) is 11.1 Å². The molecule has 1 atom stereocenters. The van der Waals surface area contributed by atoms with E-state index in [2.05, 4.69) is 5.32 Å². The Hall–Kier alpha value is -1.26. The van der Waals surface area contributed by atoms with Gasteiger partial charge in [-0.05, 0) is 12.3 Å². The molecule has 0 aliphatic rings. The van der Waals surface area contributed by atoms with Gasteiger partial charge >= 0.3 is 6.09 Å². The Bertz CT molecular complexity index is 232. The van der Waals surface area contributed by atoms with Crippen molar-refractivity contribution >= 4 is 12.0 Å². The summed E-state index contributed by atoms with van der Waals surface area (Å²) in [6, 6.07) is 0. The van der Waals surface area contributed by atoms with E-state index in [0.29, 0.717) is 0 Å². The Balaban J connectivity index is 4.96. The highest BCUT2D eigenvalue weighted by molar-refractivity contribution is 5.88. The number of carboxylic acid groups (broad SMARTS) is 1. The second kappa shape index (κ2) is 3.24. The predicted octanol–water partition coefficient (Wildman–Crippen LogP) is 0.544. The molecule has 0 spiro atoms. The highest BCUT2D eigenvalue weighted by Crippen LogP contribution is 2.29. The first-order valence-corrected chi connectivity index (χ1v) is 3.92. The maximum atomic E-state index is 11.1. The van der Waals surface area contributed by atoms with Crippen molar-refractivity contribution in [2.75, 3.05) is 0 Å². The molecule has 0 aliphatic carbocycles. The van der Waals surface area contributed by atoms with E-state index in [1.807, 2.05) is 0 Å². The molecule has 0 unspecified atom stereocenters. The number of amides is 2. The third-order valence-corrected chi connectivity index (χ3v) is 2.35. The smallest absolute Gasteiger partial charge is 0.405 e. The third kappa shape index (κ3) is 2.34. The van der Waals surface area contributed by atoms with Crippen LogP contribution in [0.4, 0.5) is 4.79 Å². The lowest BCUT2D eigenvalue weighted by atomic mass is 9.74. The van der Waals surface area contributed by atoms with Crippen LogP contribution in [-0.2, 0) is 4.79 Å². The van der Waals surface area contributed by atoms with E-state index in [0.717, 1.165) is 0 Å². The Labute approximate surface area is 77.3 Å². The zero-order valence-electron chi connectivity index (χ0n) is 8.34. The molecule has 0 saturated carbocycles. The van der Waals surface area contributed by atoms with E-state index in [9.17, 15) is 9.59 Å². The monoisotopic (exact) mass is 188 g/mol. The lowest BCUT2D eigenvalue weighted by molar-refractivity contribution is -0.127. The second-order valence-corrected chi connectivity index (χ2v) is 4.17. The lowest BCUT2D eigenvalue weighted by Gasteiger charge is -2.38. The highest BCUT2D eigenvalue weighted by Gasteiger charge is 2.44. The molecule has 13 heavy (non-hydrogen) atoms. The fourth-order valence-corrected chi connectivity index (χ4v) is 0.833. The van der Waals surface area contributed by atoms with Gasteiger partial charge in [-0.25, -0.2) is 4.79 Å². The SMILES string of the molecule is CC(C)(C)[C@](C)(NC(=O)O)C(N)=O. The highest BCUT2D eigenvalue weighted by atomic mass is 16.4. The fraction of sp³-hybridized carbons (Fsp3) is 0.750. The molecule has 4 N–H and O–H groups in total. The minimum Gasteiger partial charge on any atom is -0.465 e. The minimum absolute atomic E-state index is 0.558. The second-order valence-electron chi connectivity index (χ2n) is 4.17. The number of hydrogen-bond donors (Lipinski definition) is 3. The van der Waals surface area contributed by atoms with E-state index in [4.69, 9.17) is 10.8 Å². The number of nitrogens with two attached hydrogens (primary N) is 1. The molecule has 0 heterocycles. The molecule has 5 nitrogen and oxygen atoms in total. The van der Waals surface area contributed by atoms with Crippen LogP contribution in [-0.4, -0.2) is 22.6 Å². The summed E-state index contributed by atoms with van der Waals surface area (Å²) >= 11 is 0. The molecule has 0 aromatic heterocycles. The van der Waals surface area contributed by atoms with Crippen LogP contribution in [0.3, 0.4) is 0 Å². The van der Waals surface area contributed by atoms with Gasteiger partial charge in [-0.1, -0.05) is 20.8 Å². The van der Waals surface area contributed by atoms with Gasteiger partial charge in [0, 0.05) is 0 Å². The lowest BCUT2D eigenvalue weighted by Crippen LogP contribution is -2.62. The van der Waals surface area contributed by atoms with Crippen LogP contribution in [0.2, 0.25) is 0 Å². The average molecular weight is 188 g/mol. The quantitative estimate of drug-likeness (QED) is 0.590. The predicted molar refractivity (Wildman–Crippen MR) is 48.2 cm³/mol. The van der Waals surface area contributed by atoms with Gasteiger partial charge in [0.15, 0.2) is 0 Å². The summed E-state index contributed by atoms with van der Waals surface area (Å²) < 4.78 is 0. The van der Waals surface area contributed by atoms with Gasteiger partial charge in [0.1, 0.15) is 5.54 Å². The van der Waals surface area contributed by atoms with Crippen LogP contribution >= 0.6 is 0 Å². The zero-order chi connectivity index (χ0) is 10.9. The normalized spacial score (nSPS) is 16.0. The molecule has 2 amide bonds. The Morgan fingerprint density at radius 3 is 1.69 bits per heavy atom. The van der Waals surface area contributed by atoms with Crippen LogP contribution in [0.1, 0.15) is 27.7 Å². The molecule has 0 radical (unpaired) electrons. The van der Waals surface area contributed by atoms with Gasteiger partial charge in [0.25, 0.3) is 0 Å². The van der Waals surface area contributed by atoms with Crippen LogP contribution in [0, 0.1) is 5.41 Å². The van der Waals surface area contributed by atoms with Crippen molar-refractivity contribution in [3.63, 3.8) is 0 Å². The summed E-state index contributed by atoms with van der Waals surface area (Å²) in [5, 5.41) is 10.7. The largest absolute Gasteiger partial charge is 0.465 e. The van der Waals surface area contributed by atoms with Gasteiger partial charge in [-0.15, -0.1) is 0 Å². The summed E-state index contributed by atoms with van der Waals surface area (Å²) in [6.07, 6.45) is -1.25. The topological polar surface area (TPSA) is 92.4 Å². The van der Waals surface area contributed by atoms with E-state index >= 15 is 0 Å². The Morgan fingerprint density at radius 2 is 1.62 bits per heavy atom. The van der Waals surface area contributed by atoms with E-state index < -0.39 is 23.0 Å². The number of rotatable bonds is 2. The third-order valence-electron chi connectivity index (χ3n) is 2.35. The van der Waals surface area contributed by atoms with Crippen molar-refractivity contribution in [1.82, 2.24) is 5.32 Å². The van der Waals surface area contributed by atoms with Crippen molar-refractivity contribution < 1.29 is 14.7 Å². The van der Waals surface area contributed by atoms with Gasteiger partial charge in [-0.2, -0.15) is 0 Å². The van der Waals surface area contributed by atoms with E-state index in [1.54, 1.807) is 20.8 Å². The maximum Gasteiger partial charge on any atom is 0.405 e. The van der Waals surface area contributed by atoms with Crippen molar-refractivity contribution in [2.45, 2.75) is 33.2 Å². The van der Waals surface area contributed by atoms with Gasteiger partial charge in [0.05, 0.1) is 0 Å². The summed E-state index contributed by atoms with van der Waals surface area (Å²) in [7, 11) is 0. The summed E-state index contributed by atoms with van der Waals surface area (Å²) in [5.74, 6) is -0.678. The number of carbonyl (C=O) groups is 2. The summed E-state index contributed by atoms with van der Waals surface area (Å²) in [6.45, 7) is 6.71. The van der Waals surface area contributed by atoms with Crippen LogP contribution < -0.4 is 11.1 Å². The first-order valence-electron chi connectivity index (χ1n) is 3.92. The molecule has 76 valence electrons. The molecular weight excluding hydrogens is 172 g/mol. The molecule has 0 aromatic rings.